The number of amides is 2. The fraction of sp³-hybridized carbons (Fsp3) is 0.100. The summed E-state index contributed by atoms with van der Waals surface area (Å²) in [7, 11) is 1.90. The number of anilines is 1. The van der Waals surface area contributed by atoms with Crippen LogP contribution in [0.5, 0.6) is 0 Å². The fourth-order valence-electron chi connectivity index (χ4n) is 2.88. The maximum atomic E-state index is 12.1. The van der Waals surface area contributed by atoms with E-state index in [1.54, 1.807) is 24.8 Å². The first-order valence-corrected chi connectivity index (χ1v) is 8.51. The second kappa shape index (κ2) is 7.25. The number of aryl methyl sites for hydroxylation is 1. The van der Waals surface area contributed by atoms with E-state index in [0.717, 1.165) is 27.7 Å². The first kappa shape index (κ1) is 16.7. The van der Waals surface area contributed by atoms with E-state index >= 15 is 0 Å². The van der Waals surface area contributed by atoms with Crippen LogP contribution in [-0.4, -0.2) is 25.8 Å². The largest absolute Gasteiger partial charge is 0.334 e. The van der Waals surface area contributed by atoms with Gasteiger partial charge in [0.2, 0.25) is 0 Å². The molecule has 0 bridgehead atoms. The Balaban J connectivity index is 1.45. The highest BCUT2D eigenvalue weighted by Gasteiger charge is 2.10. The summed E-state index contributed by atoms with van der Waals surface area (Å²) in [6, 6.07) is 13.0. The van der Waals surface area contributed by atoms with Gasteiger partial charge in [0.15, 0.2) is 0 Å². The van der Waals surface area contributed by atoms with Gasteiger partial charge in [-0.25, -0.2) is 4.79 Å². The molecule has 0 spiro atoms. The normalized spacial score (nSPS) is 10.7. The van der Waals surface area contributed by atoms with E-state index in [1.807, 2.05) is 54.2 Å². The lowest BCUT2D eigenvalue weighted by Gasteiger charge is -2.08. The number of rotatable bonds is 4. The van der Waals surface area contributed by atoms with Crippen LogP contribution in [0.25, 0.3) is 22.2 Å². The third kappa shape index (κ3) is 3.62. The molecule has 2 amide bonds. The molecule has 0 saturated heterocycles. The molecule has 3 heterocycles. The van der Waals surface area contributed by atoms with E-state index in [1.165, 1.54) is 0 Å². The Hall–Kier alpha value is -3.74. The van der Waals surface area contributed by atoms with E-state index in [-0.39, 0.29) is 6.03 Å². The zero-order chi connectivity index (χ0) is 18.6. The first-order valence-electron chi connectivity index (χ1n) is 8.51. The van der Waals surface area contributed by atoms with Crippen LogP contribution < -0.4 is 10.6 Å². The quantitative estimate of drug-likeness (QED) is 0.586. The van der Waals surface area contributed by atoms with Gasteiger partial charge >= 0.3 is 6.03 Å². The van der Waals surface area contributed by atoms with Crippen LogP contribution in [0, 0.1) is 0 Å². The monoisotopic (exact) mass is 358 g/mol. The molecule has 0 aliphatic carbocycles. The summed E-state index contributed by atoms with van der Waals surface area (Å²) >= 11 is 0. The third-order valence-corrected chi connectivity index (χ3v) is 4.27. The summed E-state index contributed by atoms with van der Waals surface area (Å²) in [6.45, 7) is 0.445. The summed E-state index contributed by atoms with van der Waals surface area (Å²) in [6.07, 6.45) is 6.96. The number of benzene rings is 1. The van der Waals surface area contributed by atoms with Crippen LogP contribution in [0.1, 0.15) is 5.56 Å². The third-order valence-electron chi connectivity index (χ3n) is 4.27. The maximum absolute atomic E-state index is 12.1. The molecule has 0 fully saturated rings. The maximum Gasteiger partial charge on any atom is 0.319 e. The van der Waals surface area contributed by atoms with Crippen molar-refractivity contribution < 1.29 is 4.79 Å². The van der Waals surface area contributed by atoms with E-state index in [0.29, 0.717) is 12.2 Å². The number of fused-ring (bicyclic) bond motifs is 1. The number of carbonyl (C=O) groups excluding carboxylic acids is 1. The highest BCUT2D eigenvalue weighted by Crippen LogP contribution is 2.27. The first-order chi connectivity index (χ1) is 13.2. The number of urea groups is 1. The average Bonchev–Trinajstić information content (AvgIpc) is 3.05. The van der Waals surface area contributed by atoms with Crippen LogP contribution >= 0.6 is 0 Å². The standard InChI is InChI=1S/C20H18N6O/c1-26-18-13-22-11-8-17(18)19(25-26)15-2-4-16(5-3-15)24-20(27)23-12-14-6-9-21-10-7-14/h2-11,13H,12H2,1H3,(H2,23,24,27). The molecule has 2 N–H and O–H groups in total. The molecule has 0 aliphatic rings. The number of aromatic nitrogens is 4. The number of carbonyl (C=O) groups is 1. The lowest BCUT2D eigenvalue weighted by Crippen LogP contribution is -2.28. The summed E-state index contributed by atoms with van der Waals surface area (Å²) in [5.41, 5.74) is 4.56. The van der Waals surface area contributed by atoms with Gasteiger partial charge in [0, 0.05) is 48.8 Å². The van der Waals surface area contributed by atoms with Gasteiger partial charge < -0.3 is 10.6 Å². The Morgan fingerprint density at radius 1 is 1.00 bits per heavy atom. The molecule has 7 heteroatoms. The summed E-state index contributed by atoms with van der Waals surface area (Å²) in [5.74, 6) is 0. The van der Waals surface area contributed by atoms with E-state index in [2.05, 4.69) is 25.7 Å². The van der Waals surface area contributed by atoms with Crippen molar-refractivity contribution >= 4 is 22.6 Å². The van der Waals surface area contributed by atoms with Crippen molar-refractivity contribution in [2.75, 3.05) is 5.32 Å². The van der Waals surface area contributed by atoms with Gasteiger partial charge in [-0.3, -0.25) is 14.6 Å². The lowest BCUT2D eigenvalue weighted by molar-refractivity contribution is 0.251. The van der Waals surface area contributed by atoms with Crippen molar-refractivity contribution in [1.82, 2.24) is 25.1 Å². The van der Waals surface area contributed by atoms with Crippen LogP contribution in [0.3, 0.4) is 0 Å². The van der Waals surface area contributed by atoms with Crippen LogP contribution in [0.2, 0.25) is 0 Å². The molecular weight excluding hydrogens is 340 g/mol. The molecule has 134 valence electrons. The van der Waals surface area contributed by atoms with E-state index in [4.69, 9.17) is 0 Å². The Labute approximate surface area is 156 Å². The van der Waals surface area contributed by atoms with Gasteiger partial charge in [-0.05, 0) is 35.9 Å². The van der Waals surface area contributed by atoms with Crippen molar-refractivity contribution in [2.24, 2.45) is 7.05 Å². The SMILES string of the molecule is Cn1nc(-c2ccc(NC(=O)NCc3ccncc3)cc2)c2ccncc21. The molecule has 3 aromatic heterocycles. The predicted octanol–water partition coefficient (Wildman–Crippen LogP) is 3.35. The smallest absolute Gasteiger partial charge is 0.319 e. The summed E-state index contributed by atoms with van der Waals surface area (Å²) in [5, 5.41) is 11.3. The molecule has 7 nitrogen and oxygen atoms in total. The molecule has 0 aliphatic heterocycles. The number of hydrogen-bond donors (Lipinski definition) is 2. The zero-order valence-electron chi connectivity index (χ0n) is 14.8. The second-order valence-corrected chi connectivity index (χ2v) is 6.11. The Morgan fingerprint density at radius 3 is 2.52 bits per heavy atom. The molecule has 0 atom stereocenters. The van der Waals surface area contributed by atoms with Crippen molar-refractivity contribution in [1.29, 1.82) is 0 Å². The van der Waals surface area contributed by atoms with Gasteiger partial charge in [0.05, 0.1) is 11.7 Å². The molecule has 4 aromatic rings. The second-order valence-electron chi connectivity index (χ2n) is 6.11. The van der Waals surface area contributed by atoms with Gasteiger partial charge in [-0.1, -0.05) is 12.1 Å². The minimum Gasteiger partial charge on any atom is -0.334 e. The fourth-order valence-corrected chi connectivity index (χ4v) is 2.88. The van der Waals surface area contributed by atoms with Crippen molar-refractivity contribution in [3.05, 3.63) is 72.8 Å². The molecular formula is C20H18N6O. The highest BCUT2D eigenvalue weighted by molar-refractivity contribution is 5.93. The molecule has 27 heavy (non-hydrogen) atoms. The number of pyridine rings is 2. The zero-order valence-corrected chi connectivity index (χ0v) is 14.8. The number of hydrogen-bond acceptors (Lipinski definition) is 4. The van der Waals surface area contributed by atoms with Crippen LogP contribution in [0.4, 0.5) is 10.5 Å². The van der Waals surface area contributed by atoms with Gasteiger partial charge in [-0.2, -0.15) is 5.10 Å². The summed E-state index contributed by atoms with van der Waals surface area (Å²) in [4.78, 5) is 20.2. The lowest BCUT2D eigenvalue weighted by atomic mass is 10.1. The topological polar surface area (TPSA) is 84.7 Å². The van der Waals surface area contributed by atoms with Crippen molar-refractivity contribution in [3.8, 4) is 11.3 Å². The average molecular weight is 358 g/mol. The summed E-state index contributed by atoms with van der Waals surface area (Å²) < 4.78 is 1.82. The molecule has 4 rings (SSSR count). The Morgan fingerprint density at radius 2 is 1.74 bits per heavy atom. The van der Waals surface area contributed by atoms with E-state index < -0.39 is 0 Å². The molecule has 1 aromatic carbocycles. The molecule has 0 saturated carbocycles. The van der Waals surface area contributed by atoms with Crippen molar-refractivity contribution in [3.63, 3.8) is 0 Å². The van der Waals surface area contributed by atoms with E-state index in [9.17, 15) is 4.79 Å². The van der Waals surface area contributed by atoms with Gasteiger partial charge in [-0.15, -0.1) is 0 Å². The number of nitrogens with zero attached hydrogens (tertiary/aromatic N) is 4. The minimum atomic E-state index is -0.256. The van der Waals surface area contributed by atoms with Crippen LogP contribution in [0.15, 0.2) is 67.3 Å². The van der Waals surface area contributed by atoms with Crippen molar-refractivity contribution in [2.45, 2.75) is 6.54 Å². The predicted molar refractivity (Wildman–Crippen MR) is 104 cm³/mol. The Bertz CT molecular complexity index is 1070. The molecule has 0 radical (unpaired) electrons. The number of nitrogens with one attached hydrogen (secondary N) is 2. The van der Waals surface area contributed by atoms with Gasteiger partial charge in [0.25, 0.3) is 0 Å². The highest BCUT2D eigenvalue weighted by atomic mass is 16.2. The molecule has 0 unspecified atom stereocenters. The minimum absolute atomic E-state index is 0.256. The van der Waals surface area contributed by atoms with Crippen LogP contribution in [-0.2, 0) is 13.6 Å². The Kier molecular flexibility index (Phi) is 4.49. The van der Waals surface area contributed by atoms with Gasteiger partial charge in [0.1, 0.15) is 5.69 Å².